The largest absolute Gasteiger partial charge is 0.490 e. The smallest absolute Gasteiger partial charge is 0.259 e. The van der Waals surface area contributed by atoms with Crippen molar-refractivity contribution < 1.29 is 23.8 Å². The van der Waals surface area contributed by atoms with Crippen LogP contribution in [0.25, 0.3) is 0 Å². The Kier molecular flexibility index (Phi) is 8.13. The van der Waals surface area contributed by atoms with Gasteiger partial charge in [-0.1, -0.05) is 42.5 Å². The summed E-state index contributed by atoms with van der Waals surface area (Å²) in [5.74, 6) is 0.580. The van der Waals surface area contributed by atoms with Crippen molar-refractivity contribution in [3.05, 3.63) is 90.0 Å². The monoisotopic (exact) mass is 460 g/mol. The van der Waals surface area contributed by atoms with E-state index in [1.807, 2.05) is 30.3 Å². The number of carbonyl (C=O) groups is 2. The van der Waals surface area contributed by atoms with Gasteiger partial charge in [-0.3, -0.25) is 9.59 Å². The number of para-hydroxylation sites is 3. The number of anilines is 1. The van der Waals surface area contributed by atoms with Crippen LogP contribution in [-0.4, -0.2) is 44.3 Å². The van der Waals surface area contributed by atoms with E-state index in [1.54, 1.807) is 48.5 Å². The minimum atomic E-state index is -0.362. The van der Waals surface area contributed by atoms with Gasteiger partial charge in [0.15, 0.2) is 0 Å². The molecule has 4 rings (SSSR count). The fraction of sp³-hybridized carbons (Fsp3) is 0.259. The lowest BCUT2D eigenvalue weighted by Crippen LogP contribution is -2.32. The van der Waals surface area contributed by atoms with Crippen molar-refractivity contribution in [2.24, 2.45) is 0 Å². The fourth-order valence-corrected chi connectivity index (χ4v) is 3.69. The molecule has 0 spiro atoms. The van der Waals surface area contributed by atoms with Crippen LogP contribution in [0, 0.1) is 0 Å². The van der Waals surface area contributed by atoms with Gasteiger partial charge in [-0.2, -0.15) is 0 Å². The van der Waals surface area contributed by atoms with Crippen LogP contribution < -0.4 is 20.1 Å². The Labute approximate surface area is 199 Å². The average molecular weight is 461 g/mol. The summed E-state index contributed by atoms with van der Waals surface area (Å²) in [5.41, 5.74) is 1.19. The molecular formula is C27H28N2O5. The zero-order valence-corrected chi connectivity index (χ0v) is 18.9. The van der Waals surface area contributed by atoms with E-state index in [2.05, 4.69) is 10.6 Å². The van der Waals surface area contributed by atoms with E-state index in [1.165, 1.54) is 0 Å². The Balaban J connectivity index is 1.36. The number of amides is 2. The molecule has 2 N–H and O–H groups in total. The number of benzene rings is 3. The van der Waals surface area contributed by atoms with E-state index >= 15 is 0 Å². The van der Waals surface area contributed by atoms with Gasteiger partial charge in [0.2, 0.25) is 0 Å². The maximum absolute atomic E-state index is 13.1. The molecule has 7 nitrogen and oxygen atoms in total. The molecule has 34 heavy (non-hydrogen) atoms. The second kappa shape index (κ2) is 11.9. The summed E-state index contributed by atoms with van der Waals surface area (Å²) in [5, 5.41) is 5.75. The summed E-state index contributed by atoms with van der Waals surface area (Å²) in [6, 6.07) is 23.4. The Morgan fingerprint density at radius 1 is 0.824 bits per heavy atom. The van der Waals surface area contributed by atoms with Crippen LogP contribution in [0.5, 0.6) is 11.5 Å². The highest BCUT2D eigenvalue weighted by molar-refractivity contribution is 6.10. The van der Waals surface area contributed by atoms with Gasteiger partial charge in [-0.15, -0.1) is 0 Å². The number of rotatable bonds is 10. The maximum Gasteiger partial charge on any atom is 0.259 e. The molecule has 1 unspecified atom stereocenters. The molecule has 3 aromatic rings. The molecule has 1 fully saturated rings. The van der Waals surface area contributed by atoms with E-state index in [-0.39, 0.29) is 24.5 Å². The number of hydrogen-bond acceptors (Lipinski definition) is 5. The van der Waals surface area contributed by atoms with Gasteiger partial charge in [0.1, 0.15) is 24.7 Å². The van der Waals surface area contributed by atoms with Crippen LogP contribution in [0.15, 0.2) is 78.9 Å². The van der Waals surface area contributed by atoms with Crippen molar-refractivity contribution in [1.82, 2.24) is 5.32 Å². The molecule has 0 aliphatic carbocycles. The molecule has 1 aliphatic heterocycles. The second-order valence-electron chi connectivity index (χ2n) is 7.85. The first-order chi connectivity index (χ1) is 16.7. The van der Waals surface area contributed by atoms with E-state index in [9.17, 15) is 9.59 Å². The van der Waals surface area contributed by atoms with Crippen LogP contribution in [0.2, 0.25) is 0 Å². The van der Waals surface area contributed by atoms with Gasteiger partial charge in [0.25, 0.3) is 11.8 Å². The Hall–Kier alpha value is -3.84. The fourth-order valence-electron chi connectivity index (χ4n) is 3.69. The van der Waals surface area contributed by atoms with Gasteiger partial charge in [-0.25, -0.2) is 0 Å². The third-order valence-corrected chi connectivity index (χ3v) is 5.42. The SMILES string of the molecule is O=C(NCC1CCCO1)c1ccccc1NC(=O)c1ccccc1OCCOc1ccccc1. The molecule has 0 saturated carbocycles. The van der Waals surface area contributed by atoms with Crippen molar-refractivity contribution >= 4 is 17.5 Å². The van der Waals surface area contributed by atoms with E-state index in [0.717, 1.165) is 25.2 Å². The summed E-state index contributed by atoms with van der Waals surface area (Å²) >= 11 is 0. The molecular weight excluding hydrogens is 432 g/mol. The highest BCUT2D eigenvalue weighted by Crippen LogP contribution is 2.22. The predicted octanol–water partition coefficient (Wildman–Crippen LogP) is 4.31. The normalized spacial score (nSPS) is 14.9. The van der Waals surface area contributed by atoms with Crippen molar-refractivity contribution in [3.8, 4) is 11.5 Å². The molecule has 176 valence electrons. The molecule has 0 bridgehead atoms. The summed E-state index contributed by atoms with van der Waals surface area (Å²) < 4.78 is 17.0. The summed E-state index contributed by atoms with van der Waals surface area (Å²) in [4.78, 5) is 25.8. The molecule has 0 aromatic heterocycles. The molecule has 2 amide bonds. The zero-order valence-electron chi connectivity index (χ0n) is 18.9. The third-order valence-electron chi connectivity index (χ3n) is 5.42. The molecule has 3 aromatic carbocycles. The number of carbonyl (C=O) groups excluding carboxylic acids is 2. The highest BCUT2D eigenvalue weighted by atomic mass is 16.5. The van der Waals surface area contributed by atoms with E-state index in [4.69, 9.17) is 14.2 Å². The molecule has 1 aliphatic rings. The standard InChI is InChI=1S/C27H28N2O5/c30-26(28-19-21-11-8-16-32-21)22-12-4-6-14-24(22)29-27(31)23-13-5-7-15-25(23)34-18-17-33-20-9-2-1-3-10-20/h1-7,9-10,12-15,21H,8,11,16-19H2,(H,28,30)(H,29,31). The van der Waals surface area contributed by atoms with Crippen molar-refractivity contribution in [2.75, 3.05) is 31.7 Å². The first-order valence-electron chi connectivity index (χ1n) is 11.4. The molecule has 0 radical (unpaired) electrons. The topological polar surface area (TPSA) is 85.9 Å². The van der Waals surface area contributed by atoms with Crippen molar-refractivity contribution in [3.63, 3.8) is 0 Å². The lowest BCUT2D eigenvalue weighted by molar-refractivity contribution is 0.0858. The van der Waals surface area contributed by atoms with E-state index in [0.29, 0.717) is 35.7 Å². The molecule has 1 saturated heterocycles. The first kappa shape index (κ1) is 23.3. The number of hydrogen-bond donors (Lipinski definition) is 2. The Morgan fingerprint density at radius 2 is 1.53 bits per heavy atom. The minimum absolute atomic E-state index is 0.0422. The molecule has 1 atom stereocenters. The van der Waals surface area contributed by atoms with Crippen LogP contribution in [-0.2, 0) is 4.74 Å². The van der Waals surface area contributed by atoms with Crippen LogP contribution in [0.3, 0.4) is 0 Å². The minimum Gasteiger partial charge on any atom is -0.490 e. The van der Waals surface area contributed by atoms with Crippen LogP contribution >= 0.6 is 0 Å². The molecule has 1 heterocycles. The second-order valence-corrected chi connectivity index (χ2v) is 7.85. The first-order valence-corrected chi connectivity index (χ1v) is 11.4. The number of nitrogens with one attached hydrogen (secondary N) is 2. The third kappa shape index (κ3) is 6.36. The highest BCUT2D eigenvalue weighted by Gasteiger charge is 2.19. The average Bonchev–Trinajstić information content (AvgIpc) is 3.40. The maximum atomic E-state index is 13.1. The predicted molar refractivity (Wildman–Crippen MR) is 130 cm³/mol. The van der Waals surface area contributed by atoms with E-state index < -0.39 is 0 Å². The Morgan fingerprint density at radius 3 is 2.32 bits per heavy atom. The van der Waals surface area contributed by atoms with Crippen LogP contribution in [0.1, 0.15) is 33.6 Å². The summed E-state index contributed by atoms with van der Waals surface area (Å²) in [6.07, 6.45) is 1.99. The zero-order chi connectivity index (χ0) is 23.6. The van der Waals surface area contributed by atoms with Crippen LogP contribution in [0.4, 0.5) is 5.69 Å². The summed E-state index contributed by atoms with van der Waals surface area (Å²) in [7, 11) is 0. The lowest BCUT2D eigenvalue weighted by Gasteiger charge is -2.15. The quantitative estimate of drug-likeness (QED) is 0.441. The number of ether oxygens (including phenoxy) is 3. The van der Waals surface area contributed by atoms with Crippen molar-refractivity contribution in [2.45, 2.75) is 18.9 Å². The van der Waals surface area contributed by atoms with Gasteiger partial charge in [0, 0.05) is 13.2 Å². The summed E-state index contributed by atoms with van der Waals surface area (Å²) in [6.45, 7) is 1.80. The van der Waals surface area contributed by atoms with Crippen molar-refractivity contribution in [1.29, 1.82) is 0 Å². The Bertz CT molecular complexity index is 1100. The van der Waals surface area contributed by atoms with Gasteiger partial charge >= 0.3 is 0 Å². The molecule has 7 heteroatoms. The van der Waals surface area contributed by atoms with Gasteiger partial charge in [0.05, 0.1) is 22.9 Å². The lowest BCUT2D eigenvalue weighted by atomic mass is 10.1. The van der Waals surface area contributed by atoms with Gasteiger partial charge < -0.3 is 24.8 Å². The van der Waals surface area contributed by atoms with Gasteiger partial charge in [-0.05, 0) is 49.2 Å².